The molecule has 0 atom stereocenters. The fourth-order valence-electron chi connectivity index (χ4n) is 9.18. The van der Waals surface area contributed by atoms with Crippen LogP contribution in [0.4, 0.5) is 17.1 Å². The van der Waals surface area contributed by atoms with Gasteiger partial charge in [0.05, 0.1) is 22.4 Å². The maximum absolute atomic E-state index is 2.43. The van der Waals surface area contributed by atoms with Gasteiger partial charge in [0, 0.05) is 33.3 Å². The van der Waals surface area contributed by atoms with Crippen LogP contribution in [0, 0.1) is 0 Å². The fourth-order valence-corrected chi connectivity index (χ4v) is 9.18. The number of para-hydroxylation sites is 3. The molecule has 0 fully saturated rings. The molecule has 0 amide bonds. The predicted molar refractivity (Wildman–Crippen MR) is 263 cm³/mol. The SMILES string of the molecule is c1ccc(-c2ccc(N(c3ccc(-c4ccccc4-n4c5ccccc5c5ccccc54)cc3)c3cccc(-c4ccccc4)c3-c3ccccc3-c3ccccc3)cc2)cc1. The normalized spacial score (nSPS) is 11.2. The Hall–Kier alpha value is -8.20. The van der Waals surface area contributed by atoms with Crippen molar-refractivity contribution >= 4 is 38.9 Å². The largest absolute Gasteiger partial charge is 0.310 e. The molecule has 0 aliphatic carbocycles. The summed E-state index contributed by atoms with van der Waals surface area (Å²) in [5, 5.41) is 2.51. The Labute approximate surface area is 362 Å². The van der Waals surface area contributed by atoms with Gasteiger partial charge in [-0.25, -0.2) is 0 Å². The van der Waals surface area contributed by atoms with Gasteiger partial charge in [0.15, 0.2) is 0 Å². The lowest BCUT2D eigenvalue weighted by Crippen LogP contribution is -2.12. The molecule has 292 valence electrons. The molecule has 0 aliphatic rings. The van der Waals surface area contributed by atoms with Crippen molar-refractivity contribution in [3.63, 3.8) is 0 Å². The van der Waals surface area contributed by atoms with Gasteiger partial charge >= 0.3 is 0 Å². The van der Waals surface area contributed by atoms with Crippen molar-refractivity contribution < 1.29 is 0 Å². The summed E-state index contributed by atoms with van der Waals surface area (Å²) in [4.78, 5) is 2.43. The summed E-state index contributed by atoms with van der Waals surface area (Å²) in [6.07, 6.45) is 0. The molecule has 10 aromatic carbocycles. The van der Waals surface area contributed by atoms with Crippen LogP contribution in [0.25, 0.3) is 83.1 Å². The van der Waals surface area contributed by atoms with Crippen LogP contribution in [0.1, 0.15) is 0 Å². The minimum Gasteiger partial charge on any atom is -0.310 e. The van der Waals surface area contributed by atoms with Gasteiger partial charge in [-0.05, 0) is 93.0 Å². The summed E-state index contributed by atoms with van der Waals surface area (Å²) >= 11 is 0. The molecule has 11 rings (SSSR count). The summed E-state index contributed by atoms with van der Waals surface area (Å²) in [6.45, 7) is 0. The Kier molecular flexibility index (Phi) is 9.57. The molecule has 0 saturated carbocycles. The zero-order valence-corrected chi connectivity index (χ0v) is 34.1. The third-order valence-electron chi connectivity index (χ3n) is 12.0. The molecule has 1 heterocycles. The van der Waals surface area contributed by atoms with Gasteiger partial charge in [-0.15, -0.1) is 0 Å². The second-order valence-electron chi connectivity index (χ2n) is 15.7. The predicted octanol–water partition coefficient (Wildman–Crippen LogP) is 16.6. The highest BCUT2D eigenvalue weighted by molar-refractivity contribution is 6.10. The highest BCUT2D eigenvalue weighted by atomic mass is 15.1. The number of nitrogens with zero attached hydrogens (tertiary/aromatic N) is 2. The smallest absolute Gasteiger partial charge is 0.0546 e. The van der Waals surface area contributed by atoms with Crippen molar-refractivity contribution in [1.29, 1.82) is 0 Å². The first-order valence-corrected chi connectivity index (χ1v) is 21.3. The molecule has 62 heavy (non-hydrogen) atoms. The van der Waals surface area contributed by atoms with E-state index in [4.69, 9.17) is 0 Å². The first-order chi connectivity index (χ1) is 30.8. The number of fused-ring (bicyclic) bond motifs is 3. The molecule has 0 saturated heterocycles. The monoisotopic (exact) mass is 790 g/mol. The molecule has 0 spiro atoms. The van der Waals surface area contributed by atoms with Crippen LogP contribution in [0.3, 0.4) is 0 Å². The minimum absolute atomic E-state index is 1.07. The Morgan fingerprint density at radius 2 is 0.661 bits per heavy atom. The average Bonchev–Trinajstić information content (AvgIpc) is 3.69. The van der Waals surface area contributed by atoms with E-state index in [1.807, 2.05) is 0 Å². The van der Waals surface area contributed by atoms with Crippen molar-refractivity contribution in [2.24, 2.45) is 0 Å². The van der Waals surface area contributed by atoms with E-state index in [0.29, 0.717) is 0 Å². The van der Waals surface area contributed by atoms with E-state index in [2.05, 4.69) is 264 Å². The molecule has 0 radical (unpaired) electrons. The number of benzene rings is 10. The second kappa shape index (κ2) is 16.1. The van der Waals surface area contributed by atoms with Crippen LogP contribution in [-0.4, -0.2) is 4.57 Å². The summed E-state index contributed by atoms with van der Waals surface area (Å²) in [5.41, 5.74) is 18.6. The number of aromatic nitrogens is 1. The Balaban J connectivity index is 1.11. The zero-order valence-electron chi connectivity index (χ0n) is 34.1. The maximum atomic E-state index is 2.43. The fraction of sp³-hybridized carbons (Fsp3) is 0. The van der Waals surface area contributed by atoms with E-state index in [-0.39, 0.29) is 0 Å². The molecule has 0 N–H and O–H groups in total. The lowest BCUT2D eigenvalue weighted by Gasteiger charge is -2.30. The molecule has 2 heteroatoms. The third kappa shape index (κ3) is 6.65. The molecule has 11 aromatic rings. The minimum atomic E-state index is 1.07. The number of anilines is 3. The average molecular weight is 791 g/mol. The summed E-state index contributed by atoms with van der Waals surface area (Å²) in [6, 6.07) is 92.1. The van der Waals surface area contributed by atoms with E-state index >= 15 is 0 Å². The first kappa shape index (κ1) is 36.8. The molecule has 1 aromatic heterocycles. The van der Waals surface area contributed by atoms with Gasteiger partial charge in [-0.1, -0.05) is 206 Å². The Bertz CT molecular complexity index is 3260. The van der Waals surface area contributed by atoms with Gasteiger partial charge in [-0.3, -0.25) is 0 Å². The Morgan fingerprint density at radius 1 is 0.258 bits per heavy atom. The van der Waals surface area contributed by atoms with Crippen LogP contribution < -0.4 is 4.90 Å². The Morgan fingerprint density at radius 3 is 1.26 bits per heavy atom. The molecule has 0 unspecified atom stereocenters. The topological polar surface area (TPSA) is 8.17 Å². The quantitative estimate of drug-likeness (QED) is 0.141. The van der Waals surface area contributed by atoms with Gasteiger partial charge in [0.1, 0.15) is 0 Å². The van der Waals surface area contributed by atoms with Gasteiger partial charge < -0.3 is 9.47 Å². The lowest BCUT2D eigenvalue weighted by molar-refractivity contribution is 1.18. The van der Waals surface area contributed by atoms with Crippen LogP contribution in [0.15, 0.2) is 255 Å². The molecule has 2 nitrogen and oxygen atoms in total. The van der Waals surface area contributed by atoms with E-state index in [9.17, 15) is 0 Å². The van der Waals surface area contributed by atoms with Gasteiger partial charge in [-0.2, -0.15) is 0 Å². The van der Waals surface area contributed by atoms with Crippen molar-refractivity contribution in [3.05, 3.63) is 255 Å². The van der Waals surface area contributed by atoms with Crippen molar-refractivity contribution in [2.45, 2.75) is 0 Å². The number of hydrogen-bond acceptors (Lipinski definition) is 1. The van der Waals surface area contributed by atoms with Crippen LogP contribution in [-0.2, 0) is 0 Å². The van der Waals surface area contributed by atoms with E-state index < -0.39 is 0 Å². The summed E-state index contributed by atoms with van der Waals surface area (Å²) in [5.74, 6) is 0. The number of rotatable bonds is 9. The van der Waals surface area contributed by atoms with Crippen LogP contribution in [0.2, 0.25) is 0 Å². The third-order valence-corrected chi connectivity index (χ3v) is 12.0. The molecular weight excluding hydrogens is 749 g/mol. The van der Waals surface area contributed by atoms with E-state index in [1.54, 1.807) is 0 Å². The van der Waals surface area contributed by atoms with Crippen molar-refractivity contribution in [3.8, 4) is 61.3 Å². The van der Waals surface area contributed by atoms with Gasteiger partial charge in [0.25, 0.3) is 0 Å². The van der Waals surface area contributed by atoms with Gasteiger partial charge in [0.2, 0.25) is 0 Å². The second-order valence-corrected chi connectivity index (χ2v) is 15.7. The summed E-state index contributed by atoms with van der Waals surface area (Å²) < 4.78 is 2.42. The molecular formula is C60H42N2. The van der Waals surface area contributed by atoms with E-state index in [1.165, 1.54) is 71.9 Å². The highest BCUT2D eigenvalue weighted by Gasteiger charge is 2.23. The highest BCUT2D eigenvalue weighted by Crippen LogP contribution is 2.48. The maximum Gasteiger partial charge on any atom is 0.0546 e. The molecule has 0 aliphatic heterocycles. The van der Waals surface area contributed by atoms with Crippen molar-refractivity contribution in [1.82, 2.24) is 4.57 Å². The standard InChI is InChI=1S/C60H42N2/c1-4-19-43(20-5-1)44-35-39-48(40-36-44)61(59-34-18-30-52(46-23-8-3-9-24-46)60(59)55-29-11-10-25-50(55)45-21-6-2-7-22-45)49-41-37-47(38-42-49)51-26-12-15-31-56(51)62-57-32-16-13-27-53(57)54-28-14-17-33-58(54)62/h1-42H. The first-order valence-electron chi connectivity index (χ1n) is 21.3. The molecule has 0 bridgehead atoms. The van der Waals surface area contributed by atoms with Crippen LogP contribution in [0.5, 0.6) is 0 Å². The zero-order chi connectivity index (χ0) is 41.2. The summed E-state index contributed by atoms with van der Waals surface area (Å²) in [7, 11) is 0. The van der Waals surface area contributed by atoms with Crippen LogP contribution >= 0.6 is 0 Å². The lowest BCUT2D eigenvalue weighted by atomic mass is 9.87. The number of hydrogen-bond donors (Lipinski definition) is 0. The van der Waals surface area contributed by atoms with E-state index in [0.717, 1.165) is 28.3 Å². The van der Waals surface area contributed by atoms with Crippen molar-refractivity contribution in [2.75, 3.05) is 4.90 Å².